The van der Waals surface area contributed by atoms with E-state index < -0.39 is 5.97 Å². The van der Waals surface area contributed by atoms with Crippen LogP contribution in [0.15, 0.2) is 59.0 Å². The van der Waals surface area contributed by atoms with Crippen molar-refractivity contribution in [3.05, 3.63) is 65.9 Å². The second-order valence-electron chi connectivity index (χ2n) is 4.61. The number of esters is 1. The lowest BCUT2D eigenvalue weighted by Crippen LogP contribution is -2.14. The van der Waals surface area contributed by atoms with Crippen molar-refractivity contribution in [2.45, 2.75) is 0 Å². The van der Waals surface area contributed by atoms with Crippen LogP contribution in [0.25, 0.3) is 11.0 Å². The molecule has 0 aliphatic heterocycles. The van der Waals surface area contributed by atoms with Crippen molar-refractivity contribution in [1.29, 1.82) is 0 Å². The summed E-state index contributed by atoms with van der Waals surface area (Å²) in [6, 6.07) is 15.8. The third-order valence-corrected chi connectivity index (χ3v) is 3.24. The Labute approximate surface area is 126 Å². The van der Waals surface area contributed by atoms with Gasteiger partial charge in [0, 0.05) is 10.9 Å². The van der Waals surface area contributed by atoms with Crippen molar-refractivity contribution in [3.63, 3.8) is 0 Å². The molecule has 3 aromatic rings. The predicted octanol–water partition coefficient (Wildman–Crippen LogP) is 3.47. The third kappa shape index (κ3) is 2.44. The van der Waals surface area contributed by atoms with E-state index in [2.05, 4.69) is 5.32 Å². The van der Waals surface area contributed by atoms with Gasteiger partial charge in [-0.2, -0.15) is 0 Å². The summed E-state index contributed by atoms with van der Waals surface area (Å²) in [6.07, 6.45) is 0. The van der Waals surface area contributed by atoms with Gasteiger partial charge in [0.15, 0.2) is 0 Å². The van der Waals surface area contributed by atoms with Crippen molar-refractivity contribution in [2.24, 2.45) is 0 Å². The highest BCUT2D eigenvalue weighted by molar-refractivity contribution is 6.13. The van der Waals surface area contributed by atoms with E-state index in [1.54, 1.807) is 48.5 Å². The topological polar surface area (TPSA) is 68.5 Å². The van der Waals surface area contributed by atoms with Crippen LogP contribution in [0.3, 0.4) is 0 Å². The number of fused-ring (bicyclic) bond motifs is 1. The number of carbonyl (C=O) groups is 2. The van der Waals surface area contributed by atoms with Crippen LogP contribution in [0, 0.1) is 0 Å². The number of para-hydroxylation sites is 1. The first kappa shape index (κ1) is 13.9. The largest absolute Gasteiger partial charge is 0.463 e. The van der Waals surface area contributed by atoms with Crippen LogP contribution < -0.4 is 5.32 Å². The lowest BCUT2D eigenvalue weighted by Gasteiger charge is -2.05. The lowest BCUT2D eigenvalue weighted by atomic mass is 10.2. The summed E-state index contributed by atoms with van der Waals surface area (Å²) in [5, 5.41) is 3.38. The molecule has 0 saturated carbocycles. The Morgan fingerprint density at radius 3 is 2.41 bits per heavy atom. The van der Waals surface area contributed by atoms with Crippen LogP contribution >= 0.6 is 0 Å². The van der Waals surface area contributed by atoms with Gasteiger partial charge in [-0.3, -0.25) is 4.79 Å². The average Bonchev–Trinajstić information content (AvgIpc) is 2.93. The Kier molecular flexibility index (Phi) is 3.62. The number of nitrogens with one attached hydrogen (secondary N) is 1. The molecule has 110 valence electrons. The van der Waals surface area contributed by atoms with Gasteiger partial charge in [-0.15, -0.1) is 0 Å². The monoisotopic (exact) mass is 295 g/mol. The zero-order chi connectivity index (χ0) is 15.5. The smallest absolute Gasteiger partial charge is 0.376 e. The standard InChI is InChI=1S/C17H13NO4/c1-21-17(20)15-14(12-9-5-6-10-13(12)22-15)18-16(19)11-7-3-2-4-8-11/h2-10H,1H3,(H,18,19). The van der Waals surface area contributed by atoms with Gasteiger partial charge >= 0.3 is 5.97 Å². The Hall–Kier alpha value is -3.08. The zero-order valence-corrected chi connectivity index (χ0v) is 11.8. The quantitative estimate of drug-likeness (QED) is 0.751. The Morgan fingerprint density at radius 2 is 1.68 bits per heavy atom. The fourth-order valence-electron chi connectivity index (χ4n) is 2.18. The highest BCUT2D eigenvalue weighted by atomic mass is 16.5. The lowest BCUT2D eigenvalue weighted by molar-refractivity contribution is 0.0569. The first-order chi connectivity index (χ1) is 10.7. The Bertz CT molecular complexity index is 836. The fourth-order valence-corrected chi connectivity index (χ4v) is 2.18. The minimum Gasteiger partial charge on any atom is -0.463 e. The fraction of sp³-hybridized carbons (Fsp3) is 0.0588. The van der Waals surface area contributed by atoms with Crippen LogP contribution in [0.2, 0.25) is 0 Å². The molecule has 1 amide bonds. The number of furan rings is 1. The van der Waals surface area contributed by atoms with Crippen LogP contribution in [-0.4, -0.2) is 19.0 Å². The van der Waals surface area contributed by atoms with Crippen molar-refractivity contribution in [1.82, 2.24) is 0 Å². The maximum atomic E-state index is 12.3. The van der Waals surface area contributed by atoms with Crippen molar-refractivity contribution in [3.8, 4) is 0 Å². The van der Waals surface area contributed by atoms with Gasteiger partial charge in [-0.05, 0) is 24.3 Å². The number of ether oxygens (including phenoxy) is 1. The number of carbonyl (C=O) groups excluding carboxylic acids is 2. The van der Waals surface area contributed by atoms with Gasteiger partial charge in [0.25, 0.3) is 5.91 Å². The zero-order valence-electron chi connectivity index (χ0n) is 11.8. The molecule has 5 heteroatoms. The molecule has 0 spiro atoms. The van der Waals surface area contributed by atoms with E-state index in [4.69, 9.17) is 9.15 Å². The molecule has 1 aromatic heterocycles. The van der Waals surface area contributed by atoms with E-state index >= 15 is 0 Å². The molecule has 2 aromatic carbocycles. The molecule has 0 fully saturated rings. The number of benzene rings is 2. The van der Waals surface area contributed by atoms with Gasteiger partial charge in [0.1, 0.15) is 11.3 Å². The number of hydrogen-bond donors (Lipinski definition) is 1. The summed E-state index contributed by atoms with van der Waals surface area (Å²) in [7, 11) is 1.26. The molecule has 0 aliphatic carbocycles. The van der Waals surface area contributed by atoms with Gasteiger partial charge < -0.3 is 14.5 Å². The van der Waals surface area contributed by atoms with Crippen LogP contribution in [0.1, 0.15) is 20.9 Å². The first-order valence-electron chi connectivity index (χ1n) is 6.67. The van der Waals surface area contributed by atoms with Crippen molar-refractivity contribution >= 4 is 28.5 Å². The molecule has 0 unspecified atom stereocenters. The molecule has 3 rings (SSSR count). The van der Waals surface area contributed by atoms with E-state index in [-0.39, 0.29) is 11.7 Å². The summed E-state index contributed by atoms with van der Waals surface area (Å²) < 4.78 is 10.2. The number of rotatable bonds is 3. The van der Waals surface area contributed by atoms with Gasteiger partial charge in [-0.1, -0.05) is 30.3 Å². The highest BCUT2D eigenvalue weighted by Gasteiger charge is 2.23. The van der Waals surface area contributed by atoms with Crippen LogP contribution in [0.5, 0.6) is 0 Å². The van der Waals surface area contributed by atoms with E-state index in [0.29, 0.717) is 22.2 Å². The maximum Gasteiger partial charge on any atom is 0.376 e. The molecule has 1 heterocycles. The van der Waals surface area contributed by atoms with Crippen molar-refractivity contribution < 1.29 is 18.7 Å². The van der Waals surface area contributed by atoms with Gasteiger partial charge in [0.2, 0.25) is 5.76 Å². The summed E-state index contributed by atoms with van der Waals surface area (Å²) in [5.74, 6) is -0.982. The minimum atomic E-state index is -0.639. The number of methoxy groups -OCH3 is 1. The molecule has 0 saturated heterocycles. The Balaban J connectivity index is 2.05. The molecule has 22 heavy (non-hydrogen) atoms. The maximum absolute atomic E-state index is 12.3. The van der Waals surface area contributed by atoms with Crippen LogP contribution in [0.4, 0.5) is 5.69 Å². The van der Waals surface area contributed by atoms with Gasteiger partial charge in [0.05, 0.1) is 7.11 Å². The molecule has 0 bridgehead atoms. The number of anilines is 1. The van der Waals surface area contributed by atoms with E-state index in [1.807, 2.05) is 6.07 Å². The molecule has 1 N–H and O–H groups in total. The molecule has 5 nitrogen and oxygen atoms in total. The molecule has 0 radical (unpaired) electrons. The predicted molar refractivity (Wildman–Crippen MR) is 81.9 cm³/mol. The van der Waals surface area contributed by atoms with E-state index in [0.717, 1.165) is 0 Å². The number of hydrogen-bond acceptors (Lipinski definition) is 4. The summed E-state index contributed by atoms with van der Waals surface area (Å²) in [4.78, 5) is 24.2. The molecular formula is C17H13NO4. The minimum absolute atomic E-state index is 0.0204. The third-order valence-electron chi connectivity index (χ3n) is 3.24. The normalized spacial score (nSPS) is 10.4. The number of amides is 1. The van der Waals surface area contributed by atoms with E-state index in [9.17, 15) is 9.59 Å². The molecule has 0 atom stereocenters. The summed E-state index contributed by atoms with van der Waals surface area (Å²) in [5.41, 5.74) is 1.31. The van der Waals surface area contributed by atoms with Gasteiger partial charge in [-0.25, -0.2) is 4.79 Å². The summed E-state index contributed by atoms with van der Waals surface area (Å²) in [6.45, 7) is 0. The molecule has 0 aliphatic rings. The molecular weight excluding hydrogens is 282 g/mol. The second kappa shape index (κ2) is 5.73. The first-order valence-corrected chi connectivity index (χ1v) is 6.67. The second-order valence-corrected chi connectivity index (χ2v) is 4.61. The van der Waals surface area contributed by atoms with Crippen molar-refractivity contribution in [2.75, 3.05) is 12.4 Å². The SMILES string of the molecule is COC(=O)c1oc2ccccc2c1NC(=O)c1ccccc1. The Morgan fingerprint density at radius 1 is 1.00 bits per heavy atom. The van der Waals surface area contributed by atoms with Crippen LogP contribution in [-0.2, 0) is 4.74 Å². The summed E-state index contributed by atoms with van der Waals surface area (Å²) >= 11 is 0. The van der Waals surface area contributed by atoms with E-state index in [1.165, 1.54) is 7.11 Å². The highest BCUT2D eigenvalue weighted by Crippen LogP contribution is 2.31. The average molecular weight is 295 g/mol.